The molecule has 2 aliphatic rings. The fraction of sp³-hybridized carbons (Fsp3) is 0.533. The van der Waals surface area contributed by atoms with Gasteiger partial charge in [0, 0.05) is 6.54 Å². The standard InChI is InChI=1S/C15H19NO2/c1-2-3-7-13-14-12-8-5-4-6-11(12)9-10-16(14)18-15(13)17/h4-6,8,13-14H,2-3,7,9-10H2,1H3/t13-,14-/m1/s1. The number of hydrogen-bond acceptors (Lipinski definition) is 3. The number of carbonyl (C=O) groups excluding carboxylic acids is 1. The maximum absolute atomic E-state index is 12.0. The lowest BCUT2D eigenvalue weighted by Gasteiger charge is -2.30. The number of fused-ring (bicyclic) bond motifs is 3. The van der Waals surface area contributed by atoms with Gasteiger partial charge in [-0.25, -0.2) is 4.79 Å². The average Bonchev–Trinajstić information content (AvgIpc) is 2.72. The smallest absolute Gasteiger partial charge is 0.330 e. The molecule has 18 heavy (non-hydrogen) atoms. The molecule has 2 heterocycles. The third kappa shape index (κ3) is 1.83. The largest absolute Gasteiger partial charge is 0.367 e. The van der Waals surface area contributed by atoms with Crippen LogP contribution in [0.4, 0.5) is 0 Å². The maximum Gasteiger partial charge on any atom is 0.330 e. The average molecular weight is 245 g/mol. The summed E-state index contributed by atoms with van der Waals surface area (Å²) in [6.07, 6.45) is 4.12. The first-order valence-electron chi connectivity index (χ1n) is 6.87. The van der Waals surface area contributed by atoms with Crippen LogP contribution in [0.15, 0.2) is 24.3 Å². The van der Waals surface area contributed by atoms with Gasteiger partial charge in [0.15, 0.2) is 0 Å². The molecule has 3 nitrogen and oxygen atoms in total. The molecule has 3 heteroatoms. The molecule has 0 N–H and O–H groups in total. The van der Waals surface area contributed by atoms with E-state index in [1.807, 2.05) is 5.06 Å². The van der Waals surface area contributed by atoms with Gasteiger partial charge < -0.3 is 4.84 Å². The summed E-state index contributed by atoms with van der Waals surface area (Å²) in [4.78, 5) is 17.4. The van der Waals surface area contributed by atoms with Gasteiger partial charge in [-0.05, 0) is 24.0 Å². The summed E-state index contributed by atoms with van der Waals surface area (Å²) >= 11 is 0. The van der Waals surface area contributed by atoms with Gasteiger partial charge in [0.2, 0.25) is 0 Å². The van der Waals surface area contributed by atoms with Crippen molar-refractivity contribution >= 4 is 5.97 Å². The molecule has 0 saturated carbocycles. The van der Waals surface area contributed by atoms with Gasteiger partial charge in [0.1, 0.15) is 0 Å². The van der Waals surface area contributed by atoms with Crippen LogP contribution in [0.1, 0.15) is 43.4 Å². The van der Waals surface area contributed by atoms with Crippen molar-refractivity contribution in [3.05, 3.63) is 35.4 Å². The Balaban J connectivity index is 1.92. The lowest BCUT2D eigenvalue weighted by atomic mass is 9.84. The number of benzene rings is 1. The number of nitrogens with zero attached hydrogens (tertiary/aromatic N) is 1. The molecule has 0 amide bonds. The molecule has 2 aliphatic heterocycles. The summed E-state index contributed by atoms with van der Waals surface area (Å²) in [5, 5.41) is 1.89. The van der Waals surface area contributed by atoms with Gasteiger partial charge in [0.25, 0.3) is 0 Å². The second-order valence-corrected chi connectivity index (χ2v) is 5.19. The zero-order valence-electron chi connectivity index (χ0n) is 10.8. The third-order valence-electron chi connectivity index (χ3n) is 4.05. The first kappa shape index (κ1) is 11.7. The molecule has 1 aromatic carbocycles. The zero-order chi connectivity index (χ0) is 12.5. The van der Waals surface area contributed by atoms with Gasteiger partial charge in [-0.1, -0.05) is 44.0 Å². The zero-order valence-corrected chi connectivity index (χ0v) is 10.8. The minimum absolute atomic E-state index is 0.0198. The molecule has 96 valence electrons. The monoisotopic (exact) mass is 245 g/mol. The summed E-state index contributed by atoms with van der Waals surface area (Å²) in [6.45, 7) is 2.99. The van der Waals surface area contributed by atoms with Crippen LogP contribution in [-0.4, -0.2) is 17.6 Å². The number of hydroxylamine groups is 2. The number of unbranched alkanes of at least 4 members (excludes halogenated alkanes) is 1. The van der Waals surface area contributed by atoms with E-state index >= 15 is 0 Å². The lowest BCUT2D eigenvalue weighted by Crippen LogP contribution is -2.32. The molecule has 0 spiro atoms. The van der Waals surface area contributed by atoms with E-state index in [2.05, 4.69) is 31.2 Å². The predicted octanol–water partition coefficient (Wildman–Crippen LogP) is 2.86. The molecule has 0 unspecified atom stereocenters. The molecule has 0 bridgehead atoms. The van der Waals surface area contributed by atoms with Gasteiger partial charge >= 0.3 is 5.97 Å². The fourth-order valence-electron chi connectivity index (χ4n) is 3.11. The Morgan fingerprint density at radius 3 is 3.06 bits per heavy atom. The highest BCUT2D eigenvalue weighted by molar-refractivity contribution is 5.75. The normalized spacial score (nSPS) is 26.6. The molecule has 1 aromatic rings. The van der Waals surface area contributed by atoms with Gasteiger partial charge in [-0.15, -0.1) is 5.06 Å². The topological polar surface area (TPSA) is 29.5 Å². The summed E-state index contributed by atoms with van der Waals surface area (Å²) in [5.74, 6) is -0.0171. The minimum atomic E-state index is -0.0369. The molecule has 0 radical (unpaired) electrons. The van der Waals surface area contributed by atoms with E-state index in [9.17, 15) is 4.79 Å². The maximum atomic E-state index is 12.0. The molecule has 1 saturated heterocycles. The van der Waals surface area contributed by atoms with Crippen molar-refractivity contribution in [3.63, 3.8) is 0 Å². The van der Waals surface area contributed by atoms with Crippen molar-refractivity contribution in [2.24, 2.45) is 5.92 Å². The molecule has 3 rings (SSSR count). The quantitative estimate of drug-likeness (QED) is 0.820. The Kier molecular flexibility index (Phi) is 3.08. The van der Waals surface area contributed by atoms with Crippen LogP contribution in [0.25, 0.3) is 0 Å². The van der Waals surface area contributed by atoms with Crippen molar-refractivity contribution in [1.29, 1.82) is 0 Å². The van der Waals surface area contributed by atoms with Crippen LogP contribution in [0.5, 0.6) is 0 Å². The summed E-state index contributed by atoms with van der Waals surface area (Å²) in [5.41, 5.74) is 2.66. The SMILES string of the molecule is CCCC[C@H]1C(=O)ON2CCc3ccccc3[C@H]12. The van der Waals surface area contributed by atoms with E-state index in [1.165, 1.54) is 11.1 Å². The van der Waals surface area contributed by atoms with Crippen molar-refractivity contribution in [2.75, 3.05) is 6.54 Å². The highest BCUT2D eigenvalue weighted by Crippen LogP contribution is 2.42. The van der Waals surface area contributed by atoms with Crippen molar-refractivity contribution in [3.8, 4) is 0 Å². The Labute approximate surface area is 108 Å². The van der Waals surface area contributed by atoms with Crippen LogP contribution < -0.4 is 0 Å². The van der Waals surface area contributed by atoms with Gasteiger partial charge in [0.05, 0.1) is 12.0 Å². The number of hydrogen-bond donors (Lipinski definition) is 0. The molecular formula is C15H19NO2. The highest BCUT2D eigenvalue weighted by Gasteiger charge is 2.45. The van der Waals surface area contributed by atoms with E-state index in [0.717, 1.165) is 32.2 Å². The van der Waals surface area contributed by atoms with Crippen LogP contribution >= 0.6 is 0 Å². The minimum Gasteiger partial charge on any atom is -0.367 e. The fourth-order valence-corrected chi connectivity index (χ4v) is 3.11. The second-order valence-electron chi connectivity index (χ2n) is 5.19. The van der Waals surface area contributed by atoms with Crippen LogP contribution in [0, 0.1) is 5.92 Å². The first-order valence-corrected chi connectivity index (χ1v) is 6.87. The Morgan fingerprint density at radius 2 is 2.22 bits per heavy atom. The molecule has 0 aliphatic carbocycles. The Morgan fingerprint density at radius 1 is 1.39 bits per heavy atom. The summed E-state index contributed by atoms with van der Waals surface area (Å²) in [7, 11) is 0. The Hall–Kier alpha value is -1.35. The van der Waals surface area contributed by atoms with E-state index in [-0.39, 0.29) is 17.9 Å². The second kappa shape index (κ2) is 4.73. The van der Waals surface area contributed by atoms with Crippen molar-refractivity contribution in [2.45, 2.75) is 38.6 Å². The van der Waals surface area contributed by atoms with Crippen LogP contribution in [0.2, 0.25) is 0 Å². The van der Waals surface area contributed by atoms with Gasteiger partial charge in [-0.3, -0.25) is 0 Å². The molecule has 2 atom stereocenters. The Bertz CT molecular complexity index is 458. The van der Waals surface area contributed by atoms with E-state index < -0.39 is 0 Å². The van der Waals surface area contributed by atoms with Crippen LogP contribution in [0.3, 0.4) is 0 Å². The van der Waals surface area contributed by atoms with Crippen LogP contribution in [-0.2, 0) is 16.1 Å². The third-order valence-corrected chi connectivity index (χ3v) is 4.05. The van der Waals surface area contributed by atoms with Gasteiger partial charge in [-0.2, -0.15) is 0 Å². The van der Waals surface area contributed by atoms with Crippen molar-refractivity contribution < 1.29 is 9.63 Å². The number of rotatable bonds is 3. The summed E-state index contributed by atoms with van der Waals surface area (Å²) < 4.78 is 0. The number of carbonyl (C=O) groups is 1. The van der Waals surface area contributed by atoms with Crippen molar-refractivity contribution in [1.82, 2.24) is 5.06 Å². The first-order chi connectivity index (χ1) is 8.81. The summed E-state index contributed by atoms with van der Waals surface area (Å²) in [6, 6.07) is 8.60. The van der Waals surface area contributed by atoms with E-state index in [1.54, 1.807) is 0 Å². The predicted molar refractivity (Wildman–Crippen MR) is 68.7 cm³/mol. The molecule has 1 fully saturated rings. The molecular weight excluding hydrogens is 226 g/mol. The highest BCUT2D eigenvalue weighted by atomic mass is 16.7. The van der Waals surface area contributed by atoms with E-state index in [4.69, 9.17) is 4.84 Å². The lowest BCUT2D eigenvalue weighted by molar-refractivity contribution is -0.176. The molecule has 0 aromatic heterocycles. The van der Waals surface area contributed by atoms with E-state index in [0.29, 0.717) is 0 Å².